The summed E-state index contributed by atoms with van der Waals surface area (Å²) in [6, 6.07) is 13.8. The number of hydrazone groups is 1. The summed E-state index contributed by atoms with van der Waals surface area (Å²) in [4.78, 5) is 11.9. The Labute approximate surface area is 202 Å². The molecule has 0 atom stereocenters. The van der Waals surface area contributed by atoms with Crippen LogP contribution in [0.15, 0.2) is 51.9 Å². The molecular weight excluding hydrogens is 456 g/mol. The molecule has 9 heteroatoms. The Bertz CT molecular complexity index is 1080. The molecule has 0 saturated heterocycles. The minimum Gasteiger partial charge on any atom is -0.490 e. The maximum atomic E-state index is 11.9. The van der Waals surface area contributed by atoms with Gasteiger partial charge in [-0.3, -0.25) is 4.79 Å². The second-order valence-corrected chi connectivity index (χ2v) is 10.0. The molecule has 3 aromatic rings. The fourth-order valence-electron chi connectivity index (χ4n) is 2.88. The summed E-state index contributed by atoms with van der Waals surface area (Å²) < 4.78 is 12.5. The van der Waals surface area contributed by atoms with Crippen molar-refractivity contribution in [3.8, 4) is 11.5 Å². The molecule has 33 heavy (non-hydrogen) atoms. The van der Waals surface area contributed by atoms with Crippen LogP contribution < -0.4 is 14.9 Å². The average molecular weight is 485 g/mol. The van der Waals surface area contributed by atoms with Gasteiger partial charge in [0.15, 0.2) is 4.34 Å². The fraction of sp³-hybridized carbons (Fsp3) is 0.333. The molecule has 1 heterocycles. The SMILES string of the molecule is Cc1ccc(C(C)C)c(OCCOc2ccc(C=NNC(=O)CSc3nnc(C)s3)cc2)c1. The van der Waals surface area contributed by atoms with E-state index in [1.54, 1.807) is 6.21 Å². The van der Waals surface area contributed by atoms with E-state index in [0.29, 0.717) is 19.1 Å². The Kier molecular flexibility index (Phi) is 9.26. The van der Waals surface area contributed by atoms with Crippen molar-refractivity contribution in [3.63, 3.8) is 0 Å². The van der Waals surface area contributed by atoms with Crippen LogP contribution >= 0.6 is 23.1 Å². The van der Waals surface area contributed by atoms with Crippen LogP contribution in [0.2, 0.25) is 0 Å². The lowest BCUT2D eigenvalue weighted by atomic mass is 10.0. The van der Waals surface area contributed by atoms with Gasteiger partial charge < -0.3 is 9.47 Å². The van der Waals surface area contributed by atoms with Crippen molar-refractivity contribution in [3.05, 3.63) is 64.2 Å². The van der Waals surface area contributed by atoms with Crippen LogP contribution in [0.1, 0.15) is 41.5 Å². The lowest BCUT2D eigenvalue weighted by Crippen LogP contribution is -2.19. The van der Waals surface area contributed by atoms with Crippen LogP contribution in [-0.2, 0) is 4.79 Å². The first-order chi connectivity index (χ1) is 15.9. The summed E-state index contributed by atoms with van der Waals surface area (Å²) in [5.41, 5.74) is 5.74. The first-order valence-electron chi connectivity index (χ1n) is 10.6. The summed E-state index contributed by atoms with van der Waals surface area (Å²) in [6.07, 6.45) is 1.59. The largest absolute Gasteiger partial charge is 0.490 e. The lowest BCUT2D eigenvalue weighted by Gasteiger charge is -2.15. The van der Waals surface area contributed by atoms with Gasteiger partial charge in [0, 0.05) is 0 Å². The topological polar surface area (TPSA) is 85.7 Å². The van der Waals surface area contributed by atoms with E-state index in [-0.39, 0.29) is 11.7 Å². The predicted octanol–water partition coefficient (Wildman–Crippen LogP) is 4.98. The number of hydrogen-bond acceptors (Lipinski definition) is 8. The number of amides is 1. The van der Waals surface area contributed by atoms with Gasteiger partial charge in [0.1, 0.15) is 29.7 Å². The number of thioether (sulfide) groups is 1. The number of nitrogens with one attached hydrogen (secondary N) is 1. The van der Waals surface area contributed by atoms with Crippen molar-refractivity contribution >= 4 is 35.2 Å². The average Bonchev–Trinajstić information content (AvgIpc) is 3.21. The standard InChI is InChI=1S/C24H28N4O3S2/c1-16(2)21-10-5-17(3)13-22(21)31-12-11-30-20-8-6-19(7-9-20)14-25-27-23(29)15-32-24-28-26-18(4)33-24/h5-10,13-14,16H,11-12,15H2,1-4H3,(H,27,29). The maximum Gasteiger partial charge on any atom is 0.250 e. The summed E-state index contributed by atoms with van der Waals surface area (Å²) in [6.45, 7) is 9.16. The third kappa shape index (κ3) is 8.18. The van der Waals surface area contributed by atoms with E-state index >= 15 is 0 Å². The lowest BCUT2D eigenvalue weighted by molar-refractivity contribution is -0.118. The molecular formula is C24H28N4O3S2. The van der Waals surface area contributed by atoms with E-state index in [0.717, 1.165) is 26.4 Å². The first kappa shape index (κ1) is 24.7. The van der Waals surface area contributed by atoms with Crippen LogP contribution in [0.5, 0.6) is 11.5 Å². The molecule has 0 aliphatic rings. The van der Waals surface area contributed by atoms with Crippen LogP contribution in [-0.4, -0.2) is 41.3 Å². The molecule has 7 nitrogen and oxygen atoms in total. The number of rotatable bonds is 11. The number of nitrogens with zero attached hydrogens (tertiary/aromatic N) is 3. The van der Waals surface area contributed by atoms with E-state index in [9.17, 15) is 4.79 Å². The molecule has 3 rings (SSSR count). The predicted molar refractivity (Wildman–Crippen MR) is 134 cm³/mol. The number of aryl methyl sites for hydroxylation is 2. The highest BCUT2D eigenvalue weighted by Crippen LogP contribution is 2.27. The zero-order valence-electron chi connectivity index (χ0n) is 19.2. The molecule has 0 fully saturated rings. The molecule has 0 spiro atoms. The zero-order valence-corrected chi connectivity index (χ0v) is 20.8. The summed E-state index contributed by atoms with van der Waals surface area (Å²) in [7, 11) is 0. The Balaban J connectivity index is 1.38. The van der Waals surface area contributed by atoms with Crippen molar-refractivity contribution in [2.24, 2.45) is 5.10 Å². The molecule has 1 aromatic heterocycles. The van der Waals surface area contributed by atoms with Crippen molar-refractivity contribution in [2.75, 3.05) is 19.0 Å². The Morgan fingerprint density at radius 1 is 1.12 bits per heavy atom. The number of ether oxygens (including phenoxy) is 2. The second-order valence-electron chi connectivity index (χ2n) is 7.63. The van der Waals surface area contributed by atoms with Crippen molar-refractivity contribution < 1.29 is 14.3 Å². The molecule has 1 N–H and O–H groups in total. The molecule has 0 saturated carbocycles. The number of aromatic nitrogens is 2. The molecule has 174 valence electrons. The smallest absolute Gasteiger partial charge is 0.250 e. The molecule has 0 aliphatic heterocycles. The quantitative estimate of drug-likeness (QED) is 0.179. The van der Waals surface area contributed by atoms with E-state index in [4.69, 9.17) is 9.47 Å². The van der Waals surface area contributed by atoms with Crippen molar-refractivity contribution in [1.82, 2.24) is 15.6 Å². The fourth-order valence-corrected chi connectivity index (χ4v) is 4.49. The Hall–Kier alpha value is -2.91. The van der Waals surface area contributed by atoms with Gasteiger partial charge >= 0.3 is 0 Å². The van der Waals surface area contributed by atoms with E-state index in [1.165, 1.54) is 34.2 Å². The van der Waals surface area contributed by atoms with Gasteiger partial charge in [-0.1, -0.05) is 49.1 Å². The minimum atomic E-state index is -0.196. The summed E-state index contributed by atoms with van der Waals surface area (Å²) in [5, 5.41) is 12.8. The number of carbonyl (C=O) groups excluding carboxylic acids is 1. The molecule has 0 unspecified atom stereocenters. The third-order valence-corrected chi connectivity index (χ3v) is 6.49. The Morgan fingerprint density at radius 3 is 2.58 bits per heavy atom. The minimum absolute atomic E-state index is 0.196. The van der Waals surface area contributed by atoms with Gasteiger partial charge in [-0.15, -0.1) is 10.2 Å². The highest BCUT2D eigenvalue weighted by molar-refractivity contribution is 8.01. The molecule has 0 aliphatic carbocycles. The molecule has 2 aromatic carbocycles. The Morgan fingerprint density at radius 2 is 1.88 bits per heavy atom. The van der Waals surface area contributed by atoms with E-state index < -0.39 is 0 Å². The number of benzene rings is 2. The van der Waals surface area contributed by atoms with E-state index in [1.807, 2.05) is 31.2 Å². The third-order valence-electron chi connectivity index (χ3n) is 4.52. The normalized spacial score (nSPS) is 11.2. The first-order valence-corrected chi connectivity index (χ1v) is 12.4. The van der Waals surface area contributed by atoms with Crippen molar-refractivity contribution in [2.45, 2.75) is 38.0 Å². The number of hydrogen-bond donors (Lipinski definition) is 1. The van der Waals surface area contributed by atoms with Crippen LogP contribution in [0.3, 0.4) is 0 Å². The maximum absolute atomic E-state index is 11.9. The summed E-state index contributed by atoms with van der Waals surface area (Å²) in [5.74, 6) is 2.11. The number of carbonyl (C=O) groups is 1. The van der Waals surface area contributed by atoms with Gasteiger partial charge in [-0.05, 0) is 66.8 Å². The van der Waals surface area contributed by atoms with Gasteiger partial charge in [0.25, 0.3) is 5.91 Å². The van der Waals surface area contributed by atoms with Crippen LogP contribution in [0.4, 0.5) is 0 Å². The molecule has 0 bridgehead atoms. The van der Waals surface area contributed by atoms with Crippen molar-refractivity contribution in [1.29, 1.82) is 0 Å². The second kappa shape index (κ2) is 12.4. The highest BCUT2D eigenvalue weighted by Gasteiger charge is 2.08. The highest BCUT2D eigenvalue weighted by atomic mass is 32.2. The van der Waals surface area contributed by atoms with Gasteiger partial charge in [0.05, 0.1) is 12.0 Å². The summed E-state index contributed by atoms with van der Waals surface area (Å²) >= 11 is 2.80. The van der Waals surface area contributed by atoms with Gasteiger partial charge in [-0.2, -0.15) is 5.10 Å². The van der Waals surface area contributed by atoms with Gasteiger partial charge in [-0.25, -0.2) is 5.43 Å². The van der Waals surface area contributed by atoms with Gasteiger partial charge in [0.2, 0.25) is 0 Å². The monoisotopic (exact) mass is 484 g/mol. The van der Waals surface area contributed by atoms with Crippen LogP contribution in [0.25, 0.3) is 0 Å². The molecule has 1 amide bonds. The molecule has 0 radical (unpaired) electrons. The van der Waals surface area contributed by atoms with Crippen LogP contribution in [0, 0.1) is 13.8 Å². The van der Waals surface area contributed by atoms with E-state index in [2.05, 4.69) is 59.7 Å². The zero-order chi connectivity index (χ0) is 23.6.